The minimum Gasteiger partial charge on any atom is -0.507 e. The fourth-order valence-corrected chi connectivity index (χ4v) is 5.49. The number of carbonyl (C=O) groups is 2. The summed E-state index contributed by atoms with van der Waals surface area (Å²) in [4.78, 5) is 30.8. The van der Waals surface area contributed by atoms with Gasteiger partial charge in [-0.2, -0.15) is 0 Å². The molecule has 0 aromatic heterocycles. The molecule has 0 radical (unpaired) electrons. The van der Waals surface area contributed by atoms with Crippen LogP contribution in [0.15, 0.2) is 78.4 Å². The molecular formula is C35H40N2O6. The van der Waals surface area contributed by atoms with Crippen molar-refractivity contribution in [3.63, 3.8) is 0 Å². The van der Waals surface area contributed by atoms with Gasteiger partial charge in [-0.1, -0.05) is 55.8 Å². The summed E-state index contributed by atoms with van der Waals surface area (Å²) in [6.07, 6.45) is 1.98. The summed E-state index contributed by atoms with van der Waals surface area (Å²) in [6.45, 7) is 8.79. The summed E-state index contributed by atoms with van der Waals surface area (Å²) in [5.41, 5.74) is 3.14. The number of amides is 1. The number of hydrogen-bond acceptors (Lipinski definition) is 7. The number of Topliss-reactive ketones (excluding diaryl/α,β-unsaturated/α-hetero) is 1. The molecule has 2 saturated heterocycles. The molecule has 8 nitrogen and oxygen atoms in total. The Balaban J connectivity index is 1.44. The molecule has 5 rings (SSSR count). The van der Waals surface area contributed by atoms with E-state index in [1.54, 1.807) is 17.0 Å². The van der Waals surface area contributed by atoms with E-state index in [1.165, 1.54) is 0 Å². The molecule has 0 spiro atoms. The van der Waals surface area contributed by atoms with Crippen molar-refractivity contribution in [1.82, 2.24) is 9.80 Å². The number of aliphatic hydroxyl groups is 1. The molecule has 1 amide bonds. The van der Waals surface area contributed by atoms with Crippen molar-refractivity contribution in [1.29, 1.82) is 0 Å². The third-order valence-corrected chi connectivity index (χ3v) is 7.96. The van der Waals surface area contributed by atoms with Gasteiger partial charge in [0.1, 0.15) is 23.9 Å². The highest BCUT2D eigenvalue weighted by Crippen LogP contribution is 2.40. The van der Waals surface area contributed by atoms with Gasteiger partial charge in [0.15, 0.2) is 0 Å². The van der Waals surface area contributed by atoms with E-state index in [1.807, 2.05) is 67.6 Å². The van der Waals surface area contributed by atoms with Gasteiger partial charge < -0.3 is 24.2 Å². The maximum Gasteiger partial charge on any atom is 0.295 e. The van der Waals surface area contributed by atoms with Crippen molar-refractivity contribution in [2.45, 2.75) is 39.3 Å². The van der Waals surface area contributed by atoms with Gasteiger partial charge in [-0.25, -0.2) is 0 Å². The number of aryl methyl sites for hydroxylation is 1. The highest BCUT2D eigenvalue weighted by Gasteiger charge is 2.46. The molecule has 0 aliphatic carbocycles. The van der Waals surface area contributed by atoms with E-state index in [0.717, 1.165) is 42.6 Å². The number of rotatable bonds is 12. The molecule has 43 heavy (non-hydrogen) atoms. The number of aliphatic hydroxyl groups excluding tert-OH is 1. The molecule has 3 aromatic rings. The van der Waals surface area contributed by atoms with E-state index >= 15 is 0 Å². The molecule has 226 valence electrons. The number of likely N-dealkylation sites (tertiary alicyclic amines) is 1. The van der Waals surface area contributed by atoms with E-state index < -0.39 is 17.7 Å². The van der Waals surface area contributed by atoms with Crippen LogP contribution in [0, 0.1) is 6.92 Å². The van der Waals surface area contributed by atoms with Crippen molar-refractivity contribution in [2.24, 2.45) is 0 Å². The molecular weight excluding hydrogens is 544 g/mol. The van der Waals surface area contributed by atoms with Gasteiger partial charge in [-0.05, 0) is 60.4 Å². The van der Waals surface area contributed by atoms with Gasteiger partial charge in [0.2, 0.25) is 0 Å². The van der Waals surface area contributed by atoms with Crippen molar-refractivity contribution in [2.75, 3.05) is 46.0 Å². The van der Waals surface area contributed by atoms with Gasteiger partial charge >= 0.3 is 0 Å². The summed E-state index contributed by atoms with van der Waals surface area (Å²) >= 11 is 0. The number of hydrogen-bond donors (Lipinski definition) is 1. The number of benzene rings is 3. The van der Waals surface area contributed by atoms with Crippen molar-refractivity contribution in [3.8, 4) is 11.5 Å². The maximum atomic E-state index is 13.6. The molecule has 8 heteroatoms. The Morgan fingerprint density at radius 1 is 0.930 bits per heavy atom. The Bertz CT molecular complexity index is 1430. The number of nitrogens with zero attached hydrogens (tertiary/aromatic N) is 2. The van der Waals surface area contributed by atoms with E-state index in [9.17, 15) is 14.7 Å². The molecule has 2 aliphatic rings. The molecule has 1 N–H and O–H groups in total. The number of ether oxygens (including phenoxy) is 3. The first-order valence-electron chi connectivity index (χ1n) is 15.0. The topological polar surface area (TPSA) is 88.5 Å². The SMILES string of the molecule is CCCCOc1ccc(C(O)=C2C(=O)C(=O)N(CCN3CCOCC3)C2c2ccc(OCc3ccccc3)cc2)c(C)c1. The van der Waals surface area contributed by atoms with Crippen LogP contribution >= 0.6 is 0 Å². The minimum atomic E-state index is -0.732. The molecule has 2 fully saturated rings. The van der Waals surface area contributed by atoms with Crippen LogP contribution in [0.2, 0.25) is 0 Å². The highest BCUT2D eigenvalue weighted by molar-refractivity contribution is 6.46. The van der Waals surface area contributed by atoms with Gasteiger partial charge in [0.25, 0.3) is 11.7 Å². The Hall–Kier alpha value is -4.14. The molecule has 2 aliphatic heterocycles. The molecule has 0 bridgehead atoms. The Morgan fingerprint density at radius 2 is 1.65 bits per heavy atom. The van der Waals surface area contributed by atoms with Gasteiger partial charge in [0.05, 0.1) is 31.4 Å². The van der Waals surface area contributed by atoms with Gasteiger partial charge in [-0.3, -0.25) is 14.5 Å². The second kappa shape index (κ2) is 14.4. The monoisotopic (exact) mass is 584 g/mol. The van der Waals surface area contributed by atoms with Crippen molar-refractivity contribution in [3.05, 3.63) is 101 Å². The fourth-order valence-electron chi connectivity index (χ4n) is 5.49. The first kappa shape index (κ1) is 30.3. The standard InChI is InChI=1S/C35H40N2O6/c1-3-4-20-42-29-14-15-30(25(2)23-29)33(38)31-32(37(35(40)34(31)39)17-16-36-18-21-41-22-19-36)27-10-12-28(13-11-27)43-24-26-8-6-5-7-9-26/h5-15,23,32,38H,3-4,16-22,24H2,1-2H3. The third-order valence-electron chi connectivity index (χ3n) is 7.96. The number of morpholine rings is 1. The molecule has 3 aromatic carbocycles. The molecule has 0 saturated carbocycles. The molecule has 2 heterocycles. The van der Waals surface area contributed by atoms with Crippen molar-refractivity contribution >= 4 is 17.4 Å². The quantitative estimate of drug-likeness (QED) is 0.130. The predicted octanol–water partition coefficient (Wildman–Crippen LogP) is 5.51. The van der Waals surface area contributed by atoms with Crippen LogP contribution in [-0.2, 0) is 20.9 Å². The summed E-state index contributed by atoms with van der Waals surface area (Å²) in [7, 11) is 0. The average molecular weight is 585 g/mol. The van der Waals surface area contributed by atoms with Crippen LogP contribution in [-0.4, -0.2) is 72.6 Å². The minimum absolute atomic E-state index is 0.0904. The lowest BCUT2D eigenvalue weighted by molar-refractivity contribution is -0.140. The summed E-state index contributed by atoms with van der Waals surface area (Å²) in [5.74, 6) is -0.0966. The third kappa shape index (κ3) is 7.27. The lowest BCUT2D eigenvalue weighted by atomic mass is 9.94. The zero-order chi connectivity index (χ0) is 30.2. The normalized spacial score (nSPS) is 18.7. The summed E-state index contributed by atoms with van der Waals surface area (Å²) in [6, 6.07) is 22.0. The average Bonchev–Trinajstić information content (AvgIpc) is 3.29. The molecule has 1 atom stereocenters. The zero-order valence-corrected chi connectivity index (χ0v) is 25.0. The second-order valence-electron chi connectivity index (χ2n) is 11.0. The fraction of sp³-hybridized carbons (Fsp3) is 0.371. The highest BCUT2D eigenvalue weighted by atomic mass is 16.5. The van der Waals surface area contributed by atoms with E-state index in [2.05, 4.69) is 11.8 Å². The van der Waals surface area contributed by atoms with Crippen LogP contribution < -0.4 is 9.47 Å². The van der Waals surface area contributed by atoms with Crippen LogP contribution in [0.25, 0.3) is 5.76 Å². The van der Waals surface area contributed by atoms with E-state index in [-0.39, 0.29) is 11.3 Å². The number of carbonyl (C=O) groups excluding carboxylic acids is 2. The smallest absolute Gasteiger partial charge is 0.295 e. The van der Waals surface area contributed by atoms with Gasteiger partial charge in [0, 0.05) is 31.7 Å². The summed E-state index contributed by atoms with van der Waals surface area (Å²) < 4.78 is 17.3. The Kier molecular flexibility index (Phi) is 10.1. The first-order valence-corrected chi connectivity index (χ1v) is 15.0. The van der Waals surface area contributed by atoms with Gasteiger partial charge in [-0.15, -0.1) is 0 Å². The Morgan fingerprint density at radius 3 is 2.35 bits per heavy atom. The van der Waals surface area contributed by atoms with E-state index in [0.29, 0.717) is 56.6 Å². The Labute approximate surface area is 253 Å². The summed E-state index contributed by atoms with van der Waals surface area (Å²) in [5, 5.41) is 11.6. The predicted molar refractivity (Wildman–Crippen MR) is 165 cm³/mol. The lowest BCUT2D eigenvalue weighted by Crippen LogP contribution is -2.42. The number of unbranched alkanes of at least 4 members (excludes halogenated alkanes) is 1. The first-order chi connectivity index (χ1) is 21.0. The second-order valence-corrected chi connectivity index (χ2v) is 11.0. The van der Waals surface area contributed by atoms with Crippen LogP contribution in [0.3, 0.4) is 0 Å². The van der Waals surface area contributed by atoms with Crippen molar-refractivity contribution < 1.29 is 28.9 Å². The zero-order valence-electron chi connectivity index (χ0n) is 25.0. The van der Waals surface area contributed by atoms with E-state index in [4.69, 9.17) is 14.2 Å². The lowest BCUT2D eigenvalue weighted by Gasteiger charge is -2.31. The molecule has 1 unspecified atom stereocenters. The number of ketones is 1. The maximum absolute atomic E-state index is 13.6. The van der Waals surface area contributed by atoms with Crippen LogP contribution in [0.4, 0.5) is 0 Å². The van der Waals surface area contributed by atoms with Crippen LogP contribution in [0.1, 0.15) is 48.1 Å². The largest absolute Gasteiger partial charge is 0.507 e. The van der Waals surface area contributed by atoms with Crippen LogP contribution in [0.5, 0.6) is 11.5 Å².